The summed E-state index contributed by atoms with van der Waals surface area (Å²) >= 11 is 0. The quantitative estimate of drug-likeness (QED) is 0.173. The molecule has 208 valence electrons. The fourth-order valence-electron chi connectivity index (χ4n) is 2.34. The Morgan fingerprint density at radius 3 is 1.74 bits per heavy atom. The van der Waals surface area contributed by atoms with Crippen LogP contribution >= 0.6 is 0 Å². The van der Waals surface area contributed by atoms with Gasteiger partial charge in [-0.15, -0.1) is 5.53 Å². The van der Waals surface area contributed by atoms with Crippen LogP contribution in [0.2, 0.25) is 0 Å². The number of carbonyl (C=O) groups is 1. The number of carbonyl (C=O) groups excluding carboxylic acids is 1. The lowest BCUT2D eigenvalue weighted by molar-refractivity contribution is 0.0987. The normalized spacial score (nSPS) is 6.93. The van der Waals surface area contributed by atoms with Crippen molar-refractivity contribution in [1.29, 1.82) is 5.53 Å². The van der Waals surface area contributed by atoms with Crippen LogP contribution < -0.4 is 5.32 Å². The first kappa shape index (κ1) is 34.9. The van der Waals surface area contributed by atoms with Crippen LogP contribution in [-0.4, -0.2) is 16.0 Å². The second-order valence-corrected chi connectivity index (χ2v) is 6.70. The number of nitrogens with zero attached hydrogens (tertiary/aromatic N) is 4. The summed E-state index contributed by atoms with van der Waals surface area (Å²) in [7, 11) is 0. The van der Waals surface area contributed by atoms with Crippen LogP contribution in [0.4, 0.5) is 5.82 Å². The zero-order valence-electron chi connectivity index (χ0n) is 22.6. The van der Waals surface area contributed by atoms with E-state index in [0.29, 0.717) is 5.82 Å². The summed E-state index contributed by atoms with van der Waals surface area (Å²) in [6.45, 7) is 5.45. The number of hydrogen-bond donors (Lipinski definition) is 2. The lowest BCUT2D eigenvalue weighted by Gasteiger charge is -2.05. The van der Waals surface area contributed by atoms with Crippen molar-refractivity contribution in [2.45, 2.75) is 20.8 Å². The maximum Gasteiger partial charge on any atom is 0.295 e. The summed E-state index contributed by atoms with van der Waals surface area (Å²) in [5.74, 6) is 35.8. The zero-order valence-corrected chi connectivity index (χ0v) is 22.6. The molecule has 42 heavy (non-hydrogen) atoms. The van der Waals surface area contributed by atoms with Gasteiger partial charge in [-0.05, 0) is 114 Å². The number of aromatic nitrogens is 2. The van der Waals surface area contributed by atoms with E-state index in [1.54, 1.807) is 24.8 Å². The van der Waals surface area contributed by atoms with Crippen molar-refractivity contribution in [3.8, 4) is 94.1 Å². The number of nitrogens with one attached hydrogen (secondary N) is 2. The van der Waals surface area contributed by atoms with E-state index in [2.05, 4.69) is 98.3 Å². The number of rotatable bonds is 3. The molecule has 10 nitrogen and oxygen atoms in total. The highest BCUT2D eigenvalue weighted by Crippen LogP contribution is 2.19. The van der Waals surface area contributed by atoms with Gasteiger partial charge in [0.25, 0.3) is 5.91 Å². The largest absolute Gasteiger partial charge is 0.351 e. The Morgan fingerprint density at radius 2 is 1.31 bits per heavy atom. The molecule has 0 fully saturated rings. The molecule has 0 aliphatic heterocycles. The molecule has 3 aromatic rings. The minimum atomic E-state index is -0.374. The van der Waals surface area contributed by atoms with E-state index in [9.17, 15) is 4.79 Å². The molecule has 2 heterocycles. The van der Waals surface area contributed by atoms with E-state index < -0.39 is 0 Å². The molecule has 0 unspecified atom stereocenters. The lowest BCUT2D eigenvalue weighted by atomic mass is 10.1. The fraction of sp³-hybridized carbons (Fsp3) is 0.0938. The molecule has 0 spiro atoms. The van der Waals surface area contributed by atoms with Gasteiger partial charge < -0.3 is 9.84 Å². The summed E-state index contributed by atoms with van der Waals surface area (Å²) in [6, 6.07) is 15.0. The first-order valence-corrected chi connectivity index (χ1v) is 11.3. The second-order valence-electron chi connectivity index (χ2n) is 6.70. The average molecular weight is 559 g/mol. The predicted molar refractivity (Wildman–Crippen MR) is 167 cm³/mol. The highest BCUT2D eigenvalue weighted by molar-refractivity contribution is 6.01. The lowest BCUT2D eigenvalue weighted by Crippen LogP contribution is -2.12. The Bertz CT molecular complexity index is 1750. The standard InChI is InChI=1S/C16H13N3O2.C16H6.HN3.O2.3H2/c1-11-5-7-12(8-6-11)13-3-2-4-15(18-13)19-16(20)14-9-10-17-21-14;1-3-5-7-9-11-13-15-16-14-12-10-8-6-4-2;1-3-2;1-2;;;/h2-10H,1H3,(H,18,19,20);1-2H3;1H;;3*1H. The first-order valence-electron chi connectivity index (χ1n) is 11.3. The van der Waals surface area contributed by atoms with Gasteiger partial charge in [0, 0.05) is 25.8 Å². The maximum absolute atomic E-state index is 11.9. The van der Waals surface area contributed by atoms with Crippen LogP contribution in [0.25, 0.3) is 21.7 Å². The average Bonchev–Trinajstić information content (AvgIpc) is 3.56. The van der Waals surface area contributed by atoms with Gasteiger partial charge in [0.2, 0.25) is 5.76 Å². The summed E-state index contributed by atoms with van der Waals surface area (Å²) in [5.41, 5.74) is 15.2. The predicted octanol–water partition coefficient (Wildman–Crippen LogP) is 6.03. The van der Waals surface area contributed by atoms with E-state index in [1.165, 1.54) is 17.8 Å². The first-order chi connectivity index (χ1) is 20.5. The number of pyridine rings is 1. The molecule has 10 heteroatoms. The van der Waals surface area contributed by atoms with Crippen LogP contribution in [0.15, 0.2) is 59.3 Å². The number of amides is 1. The molecule has 0 bridgehead atoms. The van der Waals surface area contributed by atoms with Crippen molar-refractivity contribution in [1.82, 2.24) is 10.1 Å². The molecule has 2 aromatic heterocycles. The van der Waals surface area contributed by atoms with Crippen molar-refractivity contribution in [2.24, 2.45) is 0 Å². The second kappa shape index (κ2) is 24.2. The molecular formula is C32H26N6O4. The minimum absolute atomic E-state index is 0. The zero-order chi connectivity index (χ0) is 31.3. The third-order valence-corrected chi connectivity index (χ3v) is 3.94. The van der Waals surface area contributed by atoms with Gasteiger partial charge in [-0.3, -0.25) is 4.79 Å². The van der Waals surface area contributed by atoms with Crippen LogP contribution in [0.3, 0.4) is 0 Å². The molecule has 0 aliphatic rings. The van der Waals surface area contributed by atoms with Gasteiger partial charge in [-0.2, -0.15) is 0 Å². The van der Waals surface area contributed by atoms with Gasteiger partial charge in [0.15, 0.2) is 0 Å². The molecule has 0 aliphatic carbocycles. The molecule has 0 saturated carbocycles. The molecular weight excluding hydrogens is 532 g/mol. The smallest absolute Gasteiger partial charge is 0.295 e. The molecule has 1 aromatic carbocycles. The Balaban J connectivity index is -0.000000317. The Labute approximate surface area is 247 Å². The van der Waals surface area contributed by atoms with Crippen molar-refractivity contribution >= 4 is 11.7 Å². The van der Waals surface area contributed by atoms with E-state index in [-0.39, 0.29) is 15.9 Å². The number of aryl methyl sites for hydroxylation is 1. The summed E-state index contributed by atoms with van der Waals surface area (Å²) < 4.78 is 4.81. The minimum Gasteiger partial charge on any atom is -0.351 e. The van der Waals surface area contributed by atoms with E-state index >= 15 is 0 Å². The molecule has 3 rings (SSSR count). The Kier molecular flexibility index (Phi) is 20.1. The van der Waals surface area contributed by atoms with Crippen LogP contribution in [-0.2, 0) is 0 Å². The summed E-state index contributed by atoms with van der Waals surface area (Å²) in [5, 5.41) is 6.18. The Morgan fingerprint density at radius 1 is 0.833 bits per heavy atom. The van der Waals surface area contributed by atoms with E-state index in [1.807, 2.05) is 43.3 Å². The molecule has 0 atom stereocenters. The number of hydrogen-bond acceptors (Lipinski definition) is 7. The molecule has 2 N–H and O–H groups in total. The van der Waals surface area contributed by atoms with Crippen molar-refractivity contribution < 1.29 is 13.6 Å². The summed E-state index contributed by atoms with van der Waals surface area (Å²) in [4.78, 5) is 32.1. The van der Waals surface area contributed by atoms with Gasteiger partial charge >= 0.3 is 0 Å². The van der Waals surface area contributed by atoms with Crippen LogP contribution in [0.1, 0.15) is 34.2 Å². The number of anilines is 1. The van der Waals surface area contributed by atoms with E-state index in [0.717, 1.165) is 11.3 Å². The van der Waals surface area contributed by atoms with Crippen molar-refractivity contribution in [3.63, 3.8) is 0 Å². The molecule has 0 saturated heterocycles. The molecule has 1 amide bonds. The van der Waals surface area contributed by atoms with Crippen molar-refractivity contribution in [2.75, 3.05) is 5.32 Å². The van der Waals surface area contributed by atoms with Gasteiger partial charge in [-0.25, -0.2) is 4.98 Å². The van der Waals surface area contributed by atoms with Gasteiger partial charge in [0.1, 0.15) is 5.82 Å². The van der Waals surface area contributed by atoms with Crippen LogP contribution in [0, 0.1) is 105 Å². The van der Waals surface area contributed by atoms with E-state index in [4.69, 9.17) is 25.5 Å². The highest BCUT2D eigenvalue weighted by atomic mass is 16.7. The summed E-state index contributed by atoms with van der Waals surface area (Å²) in [6.07, 6.45) is 1.42. The Hall–Kier alpha value is -7.12. The van der Waals surface area contributed by atoms with Gasteiger partial charge in [-0.1, -0.05) is 52.9 Å². The van der Waals surface area contributed by atoms with Crippen molar-refractivity contribution in [3.05, 3.63) is 86.4 Å². The SMILES string of the molecule is CC#CC#CC#CC#CC#CC#CC#CC.Cc1ccc(-c2cccc(NC(=O)c3ccno3)n2)cc1.O=O.[HH].[HH].[HH].[N-]=[N+]=N. The van der Waals surface area contributed by atoms with Crippen LogP contribution in [0.5, 0.6) is 0 Å². The topological polar surface area (TPSA) is 162 Å². The monoisotopic (exact) mass is 558 g/mol. The third kappa shape index (κ3) is 16.6. The molecule has 0 radical (unpaired) electrons. The highest BCUT2D eigenvalue weighted by Gasteiger charge is 2.11. The van der Waals surface area contributed by atoms with Gasteiger partial charge in [0.05, 0.1) is 11.9 Å². The third-order valence-electron chi connectivity index (χ3n) is 3.94. The maximum atomic E-state index is 11.9. The number of benzene rings is 1. The fourth-order valence-corrected chi connectivity index (χ4v) is 2.34.